The number of carboxylic acid groups (broad SMARTS) is 2. The van der Waals surface area contributed by atoms with Gasteiger partial charge in [0.1, 0.15) is 0 Å². The molecule has 0 aromatic carbocycles. The second-order valence-electron chi connectivity index (χ2n) is 10.6. The van der Waals surface area contributed by atoms with Crippen LogP contribution in [0.4, 0.5) is 0 Å². The van der Waals surface area contributed by atoms with E-state index in [0.717, 1.165) is 61.3 Å². The van der Waals surface area contributed by atoms with Crippen molar-refractivity contribution in [2.45, 2.75) is 53.4 Å². The molecule has 3 aromatic heterocycles. The number of nitrogens with zero attached hydrogens (tertiary/aromatic N) is 4. The van der Waals surface area contributed by atoms with E-state index in [1.165, 1.54) is 0 Å². The maximum absolute atomic E-state index is 11.5. The Morgan fingerprint density at radius 3 is 1.91 bits per heavy atom. The first-order valence-corrected chi connectivity index (χ1v) is 13.8. The van der Waals surface area contributed by atoms with Gasteiger partial charge in [-0.05, 0) is 62.8 Å². The van der Waals surface area contributed by atoms with Crippen molar-refractivity contribution in [2.24, 2.45) is 0 Å². The number of rotatable bonds is 8. The SMILES string of the molecule is C=CC1=C(C)c2cc3[n-]c(cc4nc(cc5[n-]c(cc1n2)c(C)c5CCC(=O)O)C(CCC(=O)O)=C4C)c(C)c3C=C.[Cr+2]. The Labute approximate surface area is 260 Å². The van der Waals surface area contributed by atoms with E-state index in [0.29, 0.717) is 41.0 Å². The van der Waals surface area contributed by atoms with Crippen LogP contribution in [0.15, 0.2) is 43.5 Å². The van der Waals surface area contributed by atoms with E-state index in [4.69, 9.17) is 19.9 Å². The van der Waals surface area contributed by atoms with Crippen LogP contribution < -0.4 is 9.97 Å². The minimum absolute atomic E-state index is 0. The third-order valence-electron chi connectivity index (χ3n) is 8.06. The predicted octanol–water partition coefficient (Wildman–Crippen LogP) is 6.76. The number of hydrogen-bond acceptors (Lipinski definition) is 4. The van der Waals surface area contributed by atoms with Crippen molar-refractivity contribution < 1.29 is 37.2 Å². The summed E-state index contributed by atoms with van der Waals surface area (Å²) in [5, 5.41) is 18.9. The number of aromatic nitrogens is 4. The zero-order valence-corrected chi connectivity index (χ0v) is 25.9. The first kappa shape index (κ1) is 31.5. The molecule has 2 aliphatic heterocycles. The zero-order valence-electron chi connectivity index (χ0n) is 24.6. The molecule has 8 nitrogen and oxygen atoms in total. The van der Waals surface area contributed by atoms with Gasteiger partial charge in [-0.25, -0.2) is 9.97 Å². The van der Waals surface area contributed by atoms with E-state index < -0.39 is 11.9 Å². The van der Waals surface area contributed by atoms with Gasteiger partial charge in [0.2, 0.25) is 0 Å². The van der Waals surface area contributed by atoms with E-state index >= 15 is 0 Å². The molecule has 8 bridgehead atoms. The molecule has 9 heteroatoms. The number of carbonyl (C=O) groups is 2. The molecule has 43 heavy (non-hydrogen) atoms. The van der Waals surface area contributed by atoms with Gasteiger partial charge in [-0.2, -0.15) is 0 Å². The van der Waals surface area contributed by atoms with Gasteiger partial charge < -0.3 is 20.2 Å². The van der Waals surface area contributed by atoms with Crippen LogP contribution in [0.1, 0.15) is 78.1 Å². The van der Waals surface area contributed by atoms with Gasteiger partial charge in [0, 0.05) is 18.4 Å². The molecule has 0 radical (unpaired) electrons. The van der Waals surface area contributed by atoms with Gasteiger partial charge in [-0.15, -0.1) is 22.1 Å². The molecule has 2 aliphatic rings. The quantitative estimate of drug-likeness (QED) is 0.286. The summed E-state index contributed by atoms with van der Waals surface area (Å²) in [6.45, 7) is 15.9. The maximum atomic E-state index is 11.5. The van der Waals surface area contributed by atoms with Crippen molar-refractivity contribution in [2.75, 3.05) is 0 Å². The standard InChI is InChI=1S/C34H34N4O4.Cr/c1-7-21-17(3)25-13-26-19(5)23(9-11-33(39)40)31(37-26)16-32-24(10-12-34(41)42)20(6)28(38-32)15-30-22(8-2)18(4)27(36-30)14-29(21)35-25;/h7-8,13-16H,1-2,9-12H2,3-6H3,(H4,35,36,37,38,39,40,41,42);/q;+2/p-2. The van der Waals surface area contributed by atoms with Crippen LogP contribution in [0.3, 0.4) is 0 Å². The number of carboxylic acids is 2. The second-order valence-corrected chi connectivity index (χ2v) is 10.6. The average molecular weight is 613 g/mol. The van der Waals surface area contributed by atoms with Crippen molar-refractivity contribution in [3.8, 4) is 0 Å². The fraction of sp³-hybridized carbons (Fsp3) is 0.235. The van der Waals surface area contributed by atoms with Gasteiger partial charge >= 0.3 is 29.3 Å². The molecular weight excluding hydrogens is 580 g/mol. The molecular formula is C34H32CrN4O4. The maximum Gasteiger partial charge on any atom is 2.00 e. The molecule has 2 N–H and O–H groups in total. The Morgan fingerprint density at radius 2 is 1.26 bits per heavy atom. The summed E-state index contributed by atoms with van der Waals surface area (Å²) < 4.78 is 0. The van der Waals surface area contributed by atoms with Gasteiger partial charge in [-0.1, -0.05) is 66.3 Å². The molecule has 218 valence electrons. The average Bonchev–Trinajstić information content (AvgIpc) is 3.59. The summed E-state index contributed by atoms with van der Waals surface area (Å²) >= 11 is 0. The largest absolute Gasteiger partial charge is 2.00 e. The Kier molecular flexibility index (Phi) is 9.10. The van der Waals surface area contributed by atoms with Crippen LogP contribution in [0.25, 0.3) is 50.4 Å². The molecule has 0 saturated heterocycles. The summed E-state index contributed by atoms with van der Waals surface area (Å²) in [6, 6.07) is 7.62. The summed E-state index contributed by atoms with van der Waals surface area (Å²) in [5.41, 5.74) is 12.6. The fourth-order valence-corrected chi connectivity index (χ4v) is 5.61. The Bertz CT molecular complexity index is 1920. The Balaban J connectivity index is 0.00000423. The van der Waals surface area contributed by atoms with Crippen molar-refractivity contribution in [3.05, 3.63) is 88.5 Å². The molecule has 0 unspecified atom stereocenters. The first-order chi connectivity index (χ1) is 20.0. The minimum atomic E-state index is -0.898. The van der Waals surface area contributed by atoms with Gasteiger partial charge in [0.25, 0.3) is 0 Å². The zero-order chi connectivity index (χ0) is 30.3. The van der Waals surface area contributed by atoms with Crippen LogP contribution in [0.2, 0.25) is 0 Å². The summed E-state index contributed by atoms with van der Waals surface area (Å²) in [4.78, 5) is 42.7. The molecule has 3 aromatic rings. The van der Waals surface area contributed by atoms with Crippen LogP contribution in [0.5, 0.6) is 0 Å². The monoisotopic (exact) mass is 612 g/mol. The first-order valence-electron chi connectivity index (χ1n) is 13.8. The molecule has 0 atom stereocenters. The van der Waals surface area contributed by atoms with Crippen molar-refractivity contribution >= 4 is 62.4 Å². The van der Waals surface area contributed by atoms with Crippen molar-refractivity contribution in [1.29, 1.82) is 0 Å². The van der Waals surface area contributed by atoms with E-state index in [2.05, 4.69) is 13.2 Å². The van der Waals surface area contributed by atoms with Gasteiger partial charge in [0.15, 0.2) is 0 Å². The Morgan fingerprint density at radius 1 is 0.721 bits per heavy atom. The molecule has 0 amide bonds. The number of aliphatic carboxylic acids is 2. The van der Waals surface area contributed by atoms with Crippen LogP contribution in [-0.2, 0) is 33.4 Å². The van der Waals surface area contributed by atoms with Crippen molar-refractivity contribution in [3.63, 3.8) is 0 Å². The van der Waals surface area contributed by atoms with Crippen LogP contribution in [0, 0.1) is 13.8 Å². The van der Waals surface area contributed by atoms with Gasteiger partial charge in [-0.3, -0.25) is 9.59 Å². The minimum Gasteiger partial charge on any atom is -0.657 e. The third kappa shape index (κ3) is 5.92. The molecule has 0 spiro atoms. The smallest absolute Gasteiger partial charge is 0.657 e. The summed E-state index contributed by atoms with van der Waals surface area (Å²) in [6.07, 6.45) is 4.06. The van der Waals surface area contributed by atoms with E-state index in [-0.39, 0.29) is 30.2 Å². The number of aryl methyl sites for hydroxylation is 3. The molecule has 0 fully saturated rings. The van der Waals surface area contributed by atoms with Crippen molar-refractivity contribution in [1.82, 2.24) is 19.9 Å². The Hall–Kier alpha value is -4.45. The second kappa shape index (κ2) is 12.4. The molecule has 0 saturated carbocycles. The summed E-state index contributed by atoms with van der Waals surface area (Å²) in [5.74, 6) is -1.80. The van der Waals surface area contributed by atoms with E-state index in [1.807, 2.05) is 52.0 Å². The van der Waals surface area contributed by atoms with Crippen LogP contribution in [-0.4, -0.2) is 32.1 Å². The topological polar surface area (TPSA) is 129 Å². The number of fused-ring (bicyclic) bond motifs is 8. The number of hydrogen-bond donors (Lipinski definition) is 2. The molecule has 5 heterocycles. The number of allylic oxidation sites excluding steroid dienone is 5. The predicted molar refractivity (Wildman–Crippen MR) is 167 cm³/mol. The van der Waals surface area contributed by atoms with E-state index in [1.54, 1.807) is 12.2 Å². The molecule has 0 aliphatic carbocycles. The third-order valence-corrected chi connectivity index (χ3v) is 8.06. The fourth-order valence-electron chi connectivity index (χ4n) is 5.61. The summed E-state index contributed by atoms with van der Waals surface area (Å²) in [7, 11) is 0. The van der Waals surface area contributed by atoms with Crippen LogP contribution >= 0.6 is 0 Å². The van der Waals surface area contributed by atoms with E-state index in [9.17, 15) is 19.8 Å². The normalized spacial score (nSPS) is 12.7. The van der Waals surface area contributed by atoms with Gasteiger partial charge in [0.05, 0.1) is 22.8 Å². The molecule has 5 rings (SSSR count).